The largest absolute Gasteiger partial charge is 0.155 e. The highest BCUT2D eigenvalue weighted by Gasteiger charge is 2.59. The number of hydrogen-bond donors (Lipinski definition) is 0. The van der Waals surface area contributed by atoms with E-state index >= 15 is 0 Å². The lowest BCUT2D eigenvalue weighted by molar-refractivity contribution is -0.0497. The highest BCUT2D eigenvalue weighted by Crippen LogP contribution is 2.67. The van der Waals surface area contributed by atoms with Gasteiger partial charge in [0.15, 0.2) is 0 Å². The average Bonchev–Trinajstić information content (AvgIpc) is 3.05. The van der Waals surface area contributed by atoms with Gasteiger partial charge < -0.3 is 0 Å². The number of hydrogen-bond acceptors (Lipinski definition) is 1. The molecule has 4 rings (SSSR count). The minimum Gasteiger partial charge on any atom is -0.155 e. The lowest BCUT2D eigenvalue weighted by atomic mass is 9.47. The van der Waals surface area contributed by atoms with Crippen molar-refractivity contribution in [2.75, 3.05) is 0 Å². The Labute approximate surface area is 199 Å². The maximum absolute atomic E-state index is 2.78. The smallest absolute Gasteiger partial charge is 0.00873 e. The fraction of sp³-hybridized carbons (Fsp3) is 0.933. The van der Waals surface area contributed by atoms with Crippen molar-refractivity contribution in [2.45, 2.75) is 130 Å². The van der Waals surface area contributed by atoms with Gasteiger partial charge in [-0.05, 0) is 103 Å². The SMILES string of the molecule is CC(C)CCCC(C)C1CCC2C3CC=C4CC(SC(C)C)CCC4(C)C3CCC12C. The van der Waals surface area contributed by atoms with Crippen LogP contribution in [0.1, 0.15) is 119 Å². The molecule has 0 N–H and O–H groups in total. The van der Waals surface area contributed by atoms with Gasteiger partial charge in [-0.2, -0.15) is 11.8 Å². The first kappa shape index (κ1) is 24.2. The molecule has 3 fully saturated rings. The van der Waals surface area contributed by atoms with Crippen molar-refractivity contribution in [3.8, 4) is 0 Å². The second kappa shape index (κ2) is 9.38. The first-order valence-corrected chi connectivity index (χ1v) is 14.9. The van der Waals surface area contributed by atoms with Crippen LogP contribution in [0.15, 0.2) is 11.6 Å². The van der Waals surface area contributed by atoms with E-state index in [2.05, 4.69) is 66.3 Å². The molecule has 178 valence electrons. The summed E-state index contributed by atoms with van der Waals surface area (Å²) in [5.41, 5.74) is 3.03. The summed E-state index contributed by atoms with van der Waals surface area (Å²) in [4.78, 5) is 0. The molecule has 0 spiro atoms. The summed E-state index contributed by atoms with van der Waals surface area (Å²) in [7, 11) is 0. The normalized spacial score (nSPS) is 43.4. The van der Waals surface area contributed by atoms with Crippen LogP contribution >= 0.6 is 11.8 Å². The van der Waals surface area contributed by atoms with Gasteiger partial charge in [-0.15, -0.1) is 0 Å². The van der Waals surface area contributed by atoms with Crippen LogP contribution in [0.5, 0.6) is 0 Å². The van der Waals surface area contributed by atoms with Gasteiger partial charge in [-0.3, -0.25) is 0 Å². The molecule has 0 aromatic carbocycles. The molecule has 8 atom stereocenters. The van der Waals surface area contributed by atoms with Crippen molar-refractivity contribution in [1.82, 2.24) is 0 Å². The quantitative estimate of drug-likeness (QED) is 0.352. The molecular formula is C30H52S. The Morgan fingerprint density at radius 1 is 0.935 bits per heavy atom. The summed E-state index contributed by atoms with van der Waals surface area (Å²) in [5.74, 6) is 5.75. The van der Waals surface area contributed by atoms with Crippen LogP contribution < -0.4 is 0 Å². The zero-order chi connectivity index (χ0) is 22.4. The van der Waals surface area contributed by atoms with Crippen LogP contribution in [0.4, 0.5) is 0 Å². The summed E-state index contributed by atoms with van der Waals surface area (Å²) in [6.07, 6.45) is 18.9. The summed E-state index contributed by atoms with van der Waals surface area (Å²) in [6.45, 7) is 17.6. The topological polar surface area (TPSA) is 0 Å². The Kier molecular flexibility index (Phi) is 7.33. The van der Waals surface area contributed by atoms with Crippen LogP contribution in [0, 0.1) is 46.3 Å². The van der Waals surface area contributed by atoms with Crippen LogP contribution in [0.25, 0.3) is 0 Å². The third-order valence-corrected chi connectivity index (χ3v) is 12.1. The summed E-state index contributed by atoms with van der Waals surface area (Å²) in [5, 5.41) is 1.66. The zero-order valence-electron chi connectivity index (χ0n) is 21.9. The second-order valence-electron chi connectivity index (χ2n) is 13.3. The van der Waals surface area contributed by atoms with E-state index in [1.807, 2.05) is 5.57 Å². The molecule has 0 bridgehead atoms. The molecule has 0 aromatic rings. The molecular weight excluding hydrogens is 392 g/mol. The minimum atomic E-state index is 0.527. The second-order valence-corrected chi connectivity index (χ2v) is 15.2. The standard InChI is InChI=1S/C30H52S/c1-20(2)9-8-10-22(5)26-13-14-27-25-12-11-23-19-24(31-21(3)4)15-17-29(23,6)28(25)16-18-30(26,27)7/h11,20-22,24-28H,8-10,12-19H2,1-7H3. The van der Waals surface area contributed by atoms with E-state index in [4.69, 9.17) is 0 Å². The molecule has 1 heteroatoms. The van der Waals surface area contributed by atoms with Crippen LogP contribution in [0.2, 0.25) is 0 Å². The molecule has 4 aliphatic rings. The summed E-state index contributed by atoms with van der Waals surface area (Å²) < 4.78 is 0. The number of rotatable bonds is 7. The molecule has 0 saturated heterocycles. The molecule has 4 aliphatic carbocycles. The summed E-state index contributed by atoms with van der Waals surface area (Å²) in [6, 6.07) is 0. The maximum Gasteiger partial charge on any atom is 0.00873 e. The van der Waals surface area contributed by atoms with E-state index in [1.54, 1.807) is 0 Å². The Morgan fingerprint density at radius 2 is 1.71 bits per heavy atom. The average molecular weight is 445 g/mol. The van der Waals surface area contributed by atoms with Crippen LogP contribution in [-0.4, -0.2) is 10.5 Å². The summed E-state index contributed by atoms with van der Waals surface area (Å²) >= 11 is 2.24. The van der Waals surface area contributed by atoms with E-state index in [0.29, 0.717) is 10.8 Å². The zero-order valence-corrected chi connectivity index (χ0v) is 22.7. The van der Waals surface area contributed by atoms with Crippen molar-refractivity contribution in [2.24, 2.45) is 46.3 Å². The Balaban J connectivity index is 1.46. The lowest BCUT2D eigenvalue weighted by Crippen LogP contribution is -2.50. The maximum atomic E-state index is 2.78. The monoisotopic (exact) mass is 444 g/mol. The first-order chi connectivity index (χ1) is 14.6. The molecule has 0 amide bonds. The highest BCUT2D eigenvalue weighted by molar-refractivity contribution is 8.00. The lowest BCUT2D eigenvalue weighted by Gasteiger charge is -2.58. The predicted octanol–water partition coefficient (Wildman–Crippen LogP) is 9.54. The van der Waals surface area contributed by atoms with Crippen molar-refractivity contribution in [3.05, 3.63) is 11.6 Å². The Hall–Kier alpha value is 0.0900. The number of fused-ring (bicyclic) bond motifs is 5. The van der Waals surface area contributed by atoms with Gasteiger partial charge in [-0.25, -0.2) is 0 Å². The Morgan fingerprint density at radius 3 is 2.42 bits per heavy atom. The molecule has 0 heterocycles. The van der Waals surface area contributed by atoms with Crippen LogP contribution in [0.3, 0.4) is 0 Å². The van der Waals surface area contributed by atoms with Gasteiger partial charge in [0.25, 0.3) is 0 Å². The van der Waals surface area contributed by atoms with E-state index in [-0.39, 0.29) is 0 Å². The third kappa shape index (κ3) is 4.57. The molecule has 8 unspecified atom stereocenters. The molecule has 0 aliphatic heterocycles. The van der Waals surface area contributed by atoms with Crippen LogP contribution in [-0.2, 0) is 0 Å². The Bertz CT molecular complexity index is 647. The number of thioether (sulfide) groups is 1. The predicted molar refractivity (Wildman–Crippen MR) is 140 cm³/mol. The van der Waals surface area contributed by atoms with Gasteiger partial charge in [0, 0.05) is 5.25 Å². The molecule has 0 radical (unpaired) electrons. The van der Waals surface area contributed by atoms with E-state index in [0.717, 1.165) is 46.0 Å². The molecule has 3 saturated carbocycles. The molecule has 0 nitrogen and oxygen atoms in total. The van der Waals surface area contributed by atoms with Gasteiger partial charge in [0.05, 0.1) is 0 Å². The van der Waals surface area contributed by atoms with Gasteiger partial charge >= 0.3 is 0 Å². The molecule has 31 heavy (non-hydrogen) atoms. The minimum absolute atomic E-state index is 0.527. The van der Waals surface area contributed by atoms with Gasteiger partial charge in [-0.1, -0.05) is 79.4 Å². The van der Waals surface area contributed by atoms with E-state index in [1.165, 1.54) is 70.6 Å². The number of allylic oxidation sites excluding steroid dienone is 2. The highest BCUT2D eigenvalue weighted by atomic mass is 32.2. The van der Waals surface area contributed by atoms with Gasteiger partial charge in [0.1, 0.15) is 0 Å². The molecule has 0 aromatic heterocycles. The van der Waals surface area contributed by atoms with Crippen molar-refractivity contribution >= 4 is 11.8 Å². The first-order valence-electron chi connectivity index (χ1n) is 14.0. The van der Waals surface area contributed by atoms with E-state index < -0.39 is 0 Å². The fourth-order valence-corrected chi connectivity index (χ4v) is 10.5. The third-order valence-electron chi connectivity index (χ3n) is 10.7. The van der Waals surface area contributed by atoms with Crippen molar-refractivity contribution in [3.63, 3.8) is 0 Å². The van der Waals surface area contributed by atoms with Crippen molar-refractivity contribution < 1.29 is 0 Å². The fourth-order valence-electron chi connectivity index (χ4n) is 9.15. The van der Waals surface area contributed by atoms with Crippen molar-refractivity contribution in [1.29, 1.82) is 0 Å². The van der Waals surface area contributed by atoms with E-state index in [9.17, 15) is 0 Å². The van der Waals surface area contributed by atoms with Gasteiger partial charge in [0.2, 0.25) is 0 Å².